The zero-order valence-corrected chi connectivity index (χ0v) is 16.3. The molecule has 2 aromatic rings. The zero-order chi connectivity index (χ0) is 19.1. The van der Waals surface area contributed by atoms with Gasteiger partial charge in [0.15, 0.2) is 5.82 Å². The molecule has 1 aromatic heterocycles. The van der Waals surface area contributed by atoms with Crippen LogP contribution in [0.5, 0.6) is 0 Å². The number of primary sulfonamides is 1. The standard InChI is InChI=1S/C18H26N6O2S/c1-12-2-3-14(13-4-6-18(7-5-13)8-10-20-11-9-18)15(16(12)27(19,25)26)17-21-23-24-22-17/h2-3,13,20H,4-11H2,1H3,(H2,19,25,26)(H,21,22,23,24). The molecule has 1 saturated carbocycles. The van der Waals surface area contributed by atoms with Crippen molar-refractivity contribution in [1.29, 1.82) is 0 Å². The summed E-state index contributed by atoms with van der Waals surface area (Å²) in [7, 11) is -3.90. The SMILES string of the molecule is Cc1ccc(C2CCC3(CCNCC3)CC2)c(-c2nnn[nH]2)c1S(N)(=O)=O. The van der Waals surface area contributed by atoms with E-state index < -0.39 is 10.0 Å². The first-order chi connectivity index (χ1) is 12.9. The molecule has 1 aliphatic carbocycles. The molecule has 4 rings (SSSR count). The van der Waals surface area contributed by atoms with Crippen molar-refractivity contribution in [2.45, 2.75) is 56.3 Å². The fraction of sp³-hybridized carbons (Fsp3) is 0.611. The number of rotatable bonds is 3. The van der Waals surface area contributed by atoms with Crippen molar-refractivity contribution in [2.24, 2.45) is 10.6 Å². The Kier molecular flexibility index (Phi) is 4.77. The number of hydrogen-bond donors (Lipinski definition) is 3. The minimum Gasteiger partial charge on any atom is -0.317 e. The number of sulfonamides is 1. The number of piperidine rings is 1. The van der Waals surface area contributed by atoms with Gasteiger partial charge < -0.3 is 5.32 Å². The summed E-state index contributed by atoms with van der Waals surface area (Å²) in [5.74, 6) is 0.645. The Morgan fingerprint density at radius 1 is 1.15 bits per heavy atom. The van der Waals surface area contributed by atoms with Crippen LogP contribution in [0.1, 0.15) is 55.6 Å². The lowest BCUT2D eigenvalue weighted by atomic mass is 9.64. The highest BCUT2D eigenvalue weighted by atomic mass is 32.2. The number of nitrogens with zero attached hydrogens (tertiary/aromatic N) is 3. The molecule has 1 spiro atoms. The number of aromatic nitrogens is 4. The summed E-state index contributed by atoms with van der Waals surface area (Å²) in [4.78, 5) is 0.126. The fourth-order valence-corrected chi connectivity index (χ4v) is 5.93. The highest BCUT2D eigenvalue weighted by Crippen LogP contribution is 2.49. The Balaban J connectivity index is 1.73. The molecule has 9 heteroatoms. The fourth-order valence-electron chi connectivity index (χ4n) is 4.92. The number of tetrazole rings is 1. The second-order valence-electron chi connectivity index (χ2n) is 7.99. The molecule has 0 bridgehead atoms. The Morgan fingerprint density at radius 3 is 2.44 bits per heavy atom. The highest BCUT2D eigenvalue weighted by molar-refractivity contribution is 7.89. The summed E-state index contributed by atoms with van der Waals surface area (Å²) in [6.45, 7) is 3.95. The molecule has 4 N–H and O–H groups in total. The van der Waals surface area contributed by atoms with Crippen molar-refractivity contribution in [1.82, 2.24) is 25.9 Å². The third-order valence-corrected chi connectivity index (χ3v) is 7.50. The van der Waals surface area contributed by atoms with Crippen molar-refractivity contribution in [3.8, 4) is 11.4 Å². The summed E-state index contributed by atoms with van der Waals surface area (Å²) < 4.78 is 24.7. The monoisotopic (exact) mass is 390 g/mol. The van der Waals surface area contributed by atoms with Crippen LogP contribution in [0.15, 0.2) is 17.0 Å². The van der Waals surface area contributed by atoms with Gasteiger partial charge in [-0.05, 0) is 91.4 Å². The lowest BCUT2D eigenvalue weighted by molar-refractivity contribution is 0.123. The van der Waals surface area contributed by atoms with Crippen LogP contribution in [0.3, 0.4) is 0 Å². The highest BCUT2D eigenvalue weighted by Gasteiger charge is 2.38. The van der Waals surface area contributed by atoms with Gasteiger partial charge in [-0.2, -0.15) is 0 Å². The van der Waals surface area contributed by atoms with Gasteiger partial charge in [0, 0.05) is 5.56 Å². The molecule has 0 atom stereocenters. The first kappa shape index (κ1) is 18.5. The molecule has 0 unspecified atom stereocenters. The number of benzene rings is 1. The van der Waals surface area contributed by atoms with E-state index in [9.17, 15) is 8.42 Å². The van der Waals surface area contributed by atoms with Crippen LogP contribution in [0.4, 0.5) is 0 Å². The van der Waals surface area contributed by atoms with Crippen molar-refractivity contribution >= 4 is 10.0 Å². The second kappa shape index (κ2) is 6.96. The second-order valence-corrected chi connectivity index (χ2v) is 9.49. The van der Waals surface area contributed by atoms with E-state index in [0.717, 1.165) is 31.5 Å². The molecule has 1 aromatic carbocycles. The Morgan fingerprint density at radius 2 is 1.85 bits per heavy atom. The molecule has 2 fully saturated rings. The van der Waals surface area contributed by atoms with Gasteiger partial charge >= 0.3 is 0 Å². The van der Waals surface area contributed by atoms with Gasteiger partial charge in [0.25, 0.3) is 0 Å². The van der Waals surface area contributed by atoms with E-state index in [1.165, 1.54) is 25.7 Å². The predicted molar refractivity (Wildman–Crippen MR) is 101 cm³/mol. The number of nitrogens with one attached hydrogen (secondary N) is 2. The van der Waals surface area contributed by atoms with Crippen LogP contribution >= 0.6 is 0 Å². The van der Waals surface area contributed by atoms with Crippen molar-refractivity contribution < 1.29 is 8.42 Å². The minimum absolute atomic E-state index is 0.126. The van der Waals surface area contributed by atoms with Crippen molar-refractivity contribution in [3.63, 3.8) is 0 Å². The average molecular weight is 391 g/mol. The predicted octanol–water partition coefficient (Wildman–Crippen LogP) is 1.85. The summed E-state index contributed by atoms with van der Waals surface area (Å²) in [6, 6.07) is 3.87. The van der Waals surface area contributed by atoms with Crippen LogP contribution in [0.25, 0.3) is 11.4 Å². The van der Waals surface area contributed by atoms with Crippen LogP contribution in [-0.4, -0.2) is 42.1 Å². The topological polar surface area (TPSA) is 127 Å². The van der Waals surface area contributed by atoms with Gasteiger partial charge in [-0.25, -0.2) is 18.7 Å². The van der Waals surface area contributed by atoms with Gasteiger partial charge in [-0.3, -0.25) is 0 Å². The van der Waals surface area contributed by atoms with E-state index in [4.69, 9.17) is 5.14 Å². The summed E-state index contributed by atoms with van der Waals surface area (Å²) in [5, 5.41) is 23.0. The Hall–Kier alpha value is -1.84. The van der Waals surface area contributed by atoms with Crippen LogP contribution in [0.2, 0.25) is 0 Å². The molecule has 1 aliphatic heterocycles. The van der Waals surface area contributed by atoms with E-state index in [0.29, 0.717) is 22.4 Å². The van der Waals surface area contributed by atoms with Crippen LogP contribution in [0, 0.1) is 12.3 Å². The molecule has 8 nitrogen and oxygen atoms in total. The first-order valence-electron chi connectivity index (χ1n) is 9.51. The average Bonchev–Trinajstić information content (AvgIpc) is 3.16. The molecule has 27 heavy (non-hydrogen) atoms. The normalized spacial score (nSPS) is 20.8. The molecule has 0 amide bonds. The van der Waals surface area contributed by atoms with Crippen molar-refractivity contribution in [3.05, 3.63) is 23.3 Å². The number of aromatic amines is 1. The van der Waals surface area contributed by atoms with E-state index in [1.54, 1.807) is 6.92 Å². The molecule has 1 saturated heterocycles. The molecule has 146 valence electrons. The summed E-state index contributed by atoms with van der Waals surface area (Å²) >= 11 is 0. The van der Waals surface area contributed by atoms with Gasteiger partial charge in [0.2, 0.25) is 10.0 Å². The van der Waals surface area contributed by atoms with Crippen molar-refractivity contribution in [2.75, 3.05) is 13.1 Å². The quantitative estimate of drug-likeness (QED) is 0.734. The summed E-state index contributed by atoms with van der Waals surface area (Å²) in [5.41, 5.74) is 2.57. The van der Waals surface area contributed by atoms with E-state index in [1.807, 2.05) is 12.1 Å². The number of nitrogens with two attached hydrogens (primary N) is 1. The first-order valence-corrected chi connectivity index (χ1v) is 11.1. The zero-order valence-electron chi connectivity index (χ0n) is 15.5. The summed E-state index contributed by atoms with van der Waals surface area (Å²) in [6.07, 6.45) is 6.89. The van der Waals surface area contributed by atoms with E-state index >= 15 is 0 Å². The molecular formula is C18H26N6O2S. The maximum Gasteiger partial charge on any atom is 0.239 e. The lowest BCUT2D eigenvalue weighted by Gasteiger charge is -2.43. The third kappa shape index (κ3) is 3.51. The lowest BCUT2D eigenvalue weighted by Crippen LogP contribution is -2.39. The van der Waals surface area contributed by atoms with Gasteiger partial charge in [-0.1, -0.05) is 12.1 Å². The maximum atomic E-state index is 12.3. The van der Waals surface area contributed by atoms with Crippen LogP contribution in [-0.2, 0) is 10.0 Å². The Labute approximate surface area is 159 Å². The maximum absolute atomic E-state index is 12.3. The number of aryl methyl sites for hydroxylation is 1. The van der Waals surface area contributed by atoms with Gasteiger partial charge in [-0.15, -0.1) is 5.10 Å². The molecule has 2 aliphatic rings. The number of H-pyrrole nitrogens is 1. The smallest absolute Gasteiger partial charge is 0.239 e. The van der Waals surface area contributed by atoms with E-state index in [2.05, 4.69) is 25.9 Å². The minimum atomic E-state index is -3.90. The van der Waals surface area contributed by atoms with Gasteiger partial charge in [0.1, 0.15) is 0 Å². The number of hydrogen-bond acceptors (Lipinski definition) is 6. The molecular weight excluding hydrogens is 364 g/mol. The molecule has 2 heterocycles. The molecule has 0 radical (unpaired) electrons. The largest absolute Gasteiger partial charge is 0.317 e. The van der Waals surface area contributed by atoms with Gasteiger partial charge in [0.05, 0.1) is 4.90 Å². The third-order valence-electron chi connectivity index (χ3n) is 6.40. The Bertz CT molecular complexity index is 910. The van der Waals surface area contributed by atoms with Crippen LogP contribution < -0.4 is 10.5 Å². The van der Waals surface area contributed by atoms with E-state index in [-0.39, 0.29) is 10.8 Å².